The minimum absolute atomic E-state index is 0. The number of hydrogen-bond acceptors (Lipinski definition) is 4. The van der Waals surface area contributed by atoms with Gasteiger partial charge in [0.15, 0.2) is 5.96 Å². The summed E-state index contributed by atoms with van der Waals surface area (Å²) in [5.41, 5.74) is 1.29. The largest absolute Gasteiger partial charge is 0.381 e. The molecule has 6 nitrogen and oxygen atoms in total. The number of hydrogen-bond donors (Lipinski definition) is 2. The fraction of sp³-hybridized carbons (Fsp3) is 0.650. The van der Waals surface area contributed by atoms with Gasteiger partial charge in [0.2, 0.25) is 0 Å². The van der Waals surface area contributed by atoms with Gasteiger partial charge in [-0.1, -0.05) is 30.3 Å². The number of benzene rings is 1. The summed E-state index contributed by atoms with van der Waals surface area (Å²) in [5, 5.41) is 6.62. The average Bonchev–Trinajstić information content (AvgIpc) is 2.66. The van der Waals surface area contributed by atoms with Gasteiger partial charge in [-0.15, -0.1) is 24.0 Å². The van der Waals surface area contributed by atoms with Crippen LogP contribution in [-0.4, -0.2) is 58.7 Å². The van der Waals surface area contributed by atoms with E-state index in [2.05, 4.69) is 34.9 Å². The molecule has 1 unspecified atom stereocenters. The normalized spacial score (nSPS) is 18.0. The van der Waals surface area contributed by atoms with E-state index in [1.807, 2.05) is 19.9 Å². The van der Waals surface area contributed by atoms with E-state index in [9.17, 15) is 8.42 Å². The maximum Gasteiger partial charge on any atom is 0.191 e. The first-order valence-electron chi connectivity index (χ1n) is 9.70. The summed E-state index contributed by atoms with van der Waals surface area (Å²) in [5.74, 6) is 0.909. The highest BCUT2D eigenvalue weighted by Crippen LogP contribution is 2.35. The van der Waals surface area contributed by atoms with Gasteiger partial charge < -0.3 is 15.4 Å². The number of guanidine groups is 1. The van der Waals surface area contributed by atoms with Crippen molar-refractivity contribution in [3.8, 4) is 0 Å². The summed E-state index contributed by atoms with van der Waals surface area (Å²) in [6, 6.07) is 10.6. The lowest BCUT2D eigenvalue weighted by Crippen LogP contribution is -2.44. The Morgan fingerprint density at radius 3 is 2.46 bits per heavy atom. The second kappa shape index (κ2) is 12.0. The first-order valence-corrected chi connectivity index (χ1v) is 11.8. The molecule has 1 atom stereocenters. The maximum absolute atomic E-state index is 11.4. The number of aliphatic imine (C=N–C) groups is 1. The lowest BCUT2D eigenvalue weighted by atomic mass is 9.74. The van der Waals surface area contributed by atoms with E-state index in [1.54, 1.807) is 0 Å². The molecule has 1 aliphatic heterocycles. The standard InChI is InChI=1S/C20H33N3O3S.HI/c1-4-21-19(23-17(2)10-15-27(3,24)25)22-16-20(11-13-26-14-12-20)18-8-6-5-7-9-18;/h5-9,17H,4,10-16H2,1-3H3,(H2,21,22,23);1H. The third-order valence-electron chi connectivity index (χ3n) is 5.02. The van der Waals surface area contributed by atoms with E-state index in [1.165, 1.54) is 11.8 Å². The van der Waals surface area contributed by atoms with Crippen LogP contribution in [0.15, 0.2) is 35.3 Å². The monoisotopic (exact) mass is 523 g/mol. The smallest absolute Gasteiger partial charge is 0.191 e. The summed E-state index contributed by atoms with van der Waals surface area (Å²) in [4.78, 5) is 4.86. The predicted octanol–water partition coefficient (Wildman–Crippen LogP) is 2.73. The fourth-order valence-electron chi connectivity index (χ4n) is 3.34. The van der Waals surface area contributed by atoms with Crippen LogP contribution in [0, 0.1) is 0 Å². The molecule has 8 heteroatoms. The van der Waals surface area contributed by atoms with Crippen LogP contribution < -0.4 is 10.6 Å². The quantitative estimate of drug-likeness (QED) is 0.311. The van der Waals surface area contributed by atoms with Gasteiger partial charge in [-0.3, -0.25) is 4.99 Å². The summed E-state index contributed by atoms with van der Waals surface area (Å²) < 4.78 is 28.4. The SMILES string of the molecule is CCNC(=NCC1(c2ccccc2)CCOCC1)NC(C)CCS(C)(=O)=O.I. The first kappa shape index (κ1) is 25.2. The van der Waals surface area contributed by atoms with Crippen LogP contribution >= 0.6 is 24.0 Å². The van der Waals surface area contributed by atoms with Gasteiger partial charge in [-0.25, -0.2) is 8.42 Å². The molecule has 1 aromatic rings. The lowest BCUT2D eigenvalue weighted by molar-refractivity contribution is 0.0531. The van der Waals surface area contributed by atoms with Gasteiger partial charge in [0.05, 0.1) is 12.3 Å². The Hall–Kier alpha value is -0.870. The number of halogens is 1. The highest BCUT2D eigenvalue weighted by Gasteiger charge is 2.34. The Morgan fingerprint density at radius 1 is 1.25 bits per heavy atom. The van der Waals surface area contributed by atoms with Crippen LogP contribution in [-0.2, 0) is 20.0 Å². The number of nitrogens with one attached hydrogen (secondary N) is 2. The van der Waals surface area contributed by atoms with Gasteiger partial charge in [0.1, 0.15) is 9.84 Å². The van der Waals surface area contributed by atoms with Crippen LogP contribution in [0.4, 0.5) is 0 Å². The van der Waals surface area contributed by atoms with Gasteiger partial charge in [-0.05, 0) is 38.7 Å². The molecule has 0 aromatic heterocycles. The van der Waals surface area contributed by atoms with Crippen LogP contribution in [0.25, 0.3) is 0 Å². The van der Waals surface area contributed by atoms with Crippen molar-refractivity contribution in [3.05, 3.63) is 35.9 Å². The first-order chi connectivity index (χ1) is 12.8. The molecule has 1 fully saturated rings. The molecule has 1 saturated heterocycles. The van der Waals surface area contributed by atoms with Gasteiger partial charge >= 0.3 is 0 Å². The third-order valence-corrected chi connectivity index (χ3v) is 6.00. The Balaban J connectivity index is 0.00000392. The Labute approximate surface area is 186 Å². The number of rotatable bonds is 8. The molecule has 2 rings (SSSR count). The van der Waals surface area contributed by atoms with Crippen LogP contribution in [0.1, 0.15) is 38.7 Å². The van der Waals surface area contributed by atoms with Crippen molar-refractivity contribution in [2.75, 3.05) is 38.3 Å². The zero-order valence-electron chi connectivity index (χ0n) is 17.1. The van der Waals surface area contributed by atoms with E-state index in [-0.39, 0.29) is 41.2 Å². The fourth-order valence-corrected chi connectivity index (χ4v) is 4.12. The molecule has 0 radical (unpaired) electrons. The van der Waals surface area contributed by atoms with E-state index in [0.717, 1.165) is 38.6 Å². The van der Waals surface area contributed by atoms with Gasteiger partial charge in [0, 0.05) is 37.5 Å². The van der Waals surface area contributed by atoms with E-state index >= 15 is 0 Å². The summed E-state index contributed by atoms with van der Waals surface area (Å²) >= 11 is 0. The lowest BCUT2D eigenvalue weighted by Gasteiger charge is -2.36. The van der Waals surface area contributed by atoms with E-state index in [0.29, 0.717) is 13.0 Å². The van der Waals surface area contributed by atoms with Crippen molar-refractivity contribution in [2.24, 2.45) is 4.99 Å². The minimum atomic E-state index is -2.96. The third kappa shape index (κ3) is 8.24. The number of ether oxygens (including phenoxy) is 1. The van der Waals surface area contributed by atoms with Crippen molar-refractivity contribution >= 4 is 39.8 Å². The van der Waals surface area contributed by atoms with Crippen LogP contribution in [0.3, 0.4) is 0 Å². The molecule has 0 aliphatic carbocycles. The second-order valence-electron chi connectivity index (χ2n) is 7.42. The molecule has 28 heavy (non-hydrogen) atoms. The van der Waals surface area contributed by atoms with Crippen LogP contribution in [0.5, 0.6) is 0 Å². The van der Waals surface area contributed by atoms with Gasteiger partial charge in [-0.2, -0.15) is 0 Å². The van der Waals surface area contributed by atoms with Crippen LogP contribution in [0.2, 0.25) is 0 Å². The molecule has 0 saturated carbocycles. The highest BCUT2D eigenvalue weighted by atomic mass is 127. The molecule has 1 aromatic carbocycles. The Morgan fingerprint density at radius 2 is 1.89 bits per heavy atom. The molecule has 0 spiro atoms. The Bertz CT molecular complexity index is 705. The zero-order chi connectivity index (χ0) is 19.8. The Kier molecular flexibility index (Phi) is 10.8. The molecule has 1 heterocycles. The van der Waals surface area contributed by atoms with Crippen molar-refractivity contribution in [1.82, 2.24) is 10.6 Å². The molecule has 2 N–H and O–H groups in total. The molecule has 0 bridgehead atoms. The highest BCUT2D eigenvalue weighted by molar-refractivity contribution is 14.0. The number of nitrogens with zero attached hydrogens (tertiary/aromatic N) is 1. The molecule has 1 aliphatic rings. The summed E-state index contributed by atoms with van der Waals surface area (Å²) in [6.07, 6.45) is 3.72. The topological polar surface area (TPSA) is 79.8 Å². The molecular weight excluding hydrogens is 489 g/mol. The maximum atomic E-state index is 11.4. The molecule has 160 valence electrons. The van der Waals surface area contributed by atoms with Crippen molar-refractivity contribution in [3.63, 3.8) is 0 Å². The zero-order valence-corrected chi connectivity index (χ0v) is 20.3. The molecular formula is C20H34IN3O3S. The van der Waals surface area contributed by atoms with E-state index in [4.69, 9.17) is 9.73 Å². The average molecular weight is 523 g/mol. The van der Waals surface area contributed by atoms with Crippen molar-refractivity contribution in [1.29, 1.82) is 0 Å². The van der Waals surface area contributed by atoms with E-state index < -0.39 is 9.84 Å². The van der Waals surface area contributed by atoms with Gasteiger partial charge in [0.25, 0.3) is 0 Å². The molecule has 0 amide bonds. The number of sulfone groups is 1. The summed E-state index contributed by atoms with van der Waals surface area (Å²) in [7, 11) is -2.96. The second-order valence-corrected chi connectivity index (χ2v) is 9.68. The minimum Gasteiger partial charge on any atom is -0.381 e. The summed E-state index contributed by atoms with van der Waals surface area (Å²) in [6.45, 7) is 6.94. The predicted molar refractivity (Wildman–Crippen MR) is 126 cm³/mol. The van der Waals surface area contributed by atoms with Crippen molar-refractivity contribution in [2.45, 2.75) is 44.6 Å². The van der Waals surface area contributed by atoms with Crippen molar-refractivity contribution < 1.29 is 13.2 Å².